The standard InChI is InChI=1S/C21H19ClN4O2/c1-14(27)25-17-7-9-18(10-8-17)26-21(28)16-6-11-20(24-13-16)23-12-15-4-2-3-5-19(15)22/h2-11,13H,12H2,1H3,(H,23,24)(H,25,27)(H,26,28). The Bertz CT molecular complexity index is 972. The fourth-order valence-corrected chi connectivity index (χ4v) is 2.71. The molecule has 28 heavy (non-hydrogen) atoms. The number of halogens is 1. The fourth-order valence-electron chi connectivity index (χ4n) is 2.50. The molecule has 0 aliphatic rings. The van der Waals surface area contributed by atoms with Crippen molar-refractivity contribution < 1.29 is 9.59 Å². The fraction of sp³-hybridized carbons (Fsp3) is 0.0952. The van der Waals surface area contributed by atoms with Gasteiger partial charge in [0, 0.05) is 36.1 Å². The van der Waals surface area contributed by atoms with E-state index >= 15 is 0 Å². The van der Waals surface area contributed by atoms with Gasteiger partial charge in [-0.25, -0.2) is 4.98 Å². The Hall–Kier alpha value is -3.38. The molecule has 3 rings (SSSR count). The SMILES string of the molecule is CC(=O)Nc1ccc(NC(=O)c2ccc(NCc3ccccc3Cl)nc2)cc1. The van der Waals surface area contributed by atoms with Crippen LogP contribution in [0.2, 0.25) is 5.02 Å². The van der Waals surface area contributed by atoms with Gasteiger partial charge in [0.15, 0.2) is 0 Å². The summed E-state index contributed by atoms with van der Waals surface area (Å²) in [6, 6.07) is 17.9. The average Bonchev–Trinajstić information content (AvgIpc) is 2.69. The molecule has 0 spiro atoms. The molecule has 6 nitrogen and oxygen atoms in total. The van der Waals surface area contributed by atoms with Crippen LogP contribution in [0, 0.1) is 0 Å². The molecule has 0 aliphatic heterocycles. The van der Waals surface area contributed by atoms with Gasteiger partial charge < -0.3 is 16.0 Å². The van der Waals surface area contributed by atoms with E-state index in [0.717, 1.165) is 5.56 Å². The predicted molar refractivity (Wildman–Crippen MR) is 112 cm³/mol. The zero-order valence-electron chi connectivity index (χ0n) is 15.2. The summed E-state index contributed by atoms with van der Waals surface area (Å²) in [6.45, 7) is 1.98. The first-order chi connectivity index (χ1) is 13.5. The number of aromatic nitrogens is 1. The van der Waals surface area contributed by atoms with Crippen LogP contribution in [0.25, 0.3) is 0 Å². The minimum absolute atomic E-state index is 0.147. The van der Waals surface area contributed by atoms with Crippen molar-refractivity contribution in [1.29, 1.82) is 0 Å². The first kappa shape index (κ1) is 19.4. The zero-order chi connectivity index (χ0) is 19.9. The zero-order valence-corrected chi connectivity index (χ0v) is 16.0. The van der Waals surface area contributed by atoms with Gasteiger partial charge in [-0.1, -0.05) is 29.8 Å². The number of rotatable bonds is 6. The first-order valence-corrected chi connectivity index (χ1v) is 9.01. The molecular formula is C21H19ClN4O2. The van der Waals surface area contributed by atoms with Crippen LogP contribution in [0.15, 0.2) is 66.9 Å². The minimum atomic E-state index is -0.266. The molecule has 3 N–H and O–H groups in total. The number of nitrogens with one attached hydrogen (secondary N) is 3. The third-order valence-corrected chi connectivity index (χ3v) is 4.28. The number of amides is 2. The second kappa shape index (κ2) is 9.01. The molecule has 1 heterocycles. The van der Waals surface area contributed by atoms with E-state index in [0.29, 0.717) is 34.3 Å². The second-order valence-corrected chi connectivity index (χ2v) is 6.50. The van der Waals surface area contributed by atoms with Crippen molar-refractivity contribution in [3.05, 3.63) is 83.0 Å². The lowest BCUT2D eigenvalue weighted by Crippen LogP contribution is -2.13. The van der Waals surface area contributed by atoms with E-state index in [9.17, 15) is 9.59 Å². The highest BCUT2D eigenvalue weighted by atomic mass is 35.5. The smallest absolute Gasteiger partial charge is 0.257 e. The third-order valence-electron chi connectivity index (χ3n) is 3.91. The van der Waals surface area contributed by atoms with Crippen molar-refractivity contribution in [2.45, 2.75) is 13.5 Å². The second-order valence-electron chi connectivity index (χ2n) is 6.09. The Morgan fingerprint density at radius 1 is 0.929 bits per heavy atom. The molecular weight excluding hydrogens is 376 g/mol. The maximum absolute atomic E-state index is 12.4. The Labute approximate surface area is 168 Å². The van der Waals surface area contributed by atoms with Gasteiger partial charge >= 0.3 is 0 Å². The molecule has 0 bridgehead atoms. The largest absolute Gasteiger partial charge is 0.366 e. The van der Waals surface area contributed by atoms with Gasteiger partial charge in [0.1, 0.15) is 5.82 Å². The monoisotopic (exact) mass is 394 g/mol. The predicted octanol–water partition coefficient (Wildman–Crippen LogP) is 4.56. The molecule has 0 saturated heterocycles. The Balaban J connectivity index is 1.57. The van der Waals surface area contributed by atoms with Gasteiger partial charge in [0.2, 0.25) is 5.91 Å². The van der Waals surface area contributed by atoms with Gasteiger partial charge in [0.25, 0.3) is 5.91 Å². The number of pyridine rings is 1. The van der Waals surface area contributed by atoms with E-state index in [2.05, 4.69) is 20.9 Å². The number of anilines is 3. The molecule has 1 aromatic heterocycles. The van der Waals surface area contributed by atoms with E-state index in [4.69, 9.17) is 11.6 Å². The van der Waals surface area contributed by atoms with Crippen LogP contribution < -0.4 is 16.0 Å². The molecule has 0 radical (unpaired) electrons. The van der Waals surface area contributed by atoms with Crippen LogP contribution in [-0.4, -0.2) is 16.8 Å². The topological polar surface area (TPSA) is 83.1 Å². The van der Waals surface area contributed by atoms with Crippen molar-refractivity contribution >= 4 is 40.6 Å². The highest BCUT2D eigenvalue weighted by Crippen LogP contribution is 2.17. The lowest BCUT2D eigenvalue weighted by atomic mass is 10.2. The average molecular weight is 395 g/mol. The Morgan fingerprint density at radius 3 is 2.21 bits per heavy atom. The van der Waals surface area contributed by atoms with Crippen LogP contribution in [0.5, 0.6) is 0 Å². The molecule has 2 amide bonds. The van der Waals surface area contributed by atoms with Gasteiger partial charge in [-0.2, -0.15) is 0 Å². The number of carbonyl (C=O) groups is 2. The van der Waals surface area contributed by atoms with Crippen LogP contribution in [-0.2, 0) is 11.3 Å². The normalized spacial score (nSPS) is 10.2. The molecule has 0 aliphatic carbocycles. The van der Waals surface area contributed by atoms with Crippen LogP contribution in [0.4, 0.5) is 17.2 Å². The van der Waals surface area contributed by atoms with Crippen LogP contribution >= 0.6 is 11.6 Å². The number of hydrogen-bond donors (Lipinski definition) is 3. The maximum Gasteiger partial charge on any atom is 0.257 e. The highest BCUT2D eigenvalue weighted by Gasteiger charge is 2.07. The summed E-state index contributed by atoms with van der Waals surface area (Å²) in [4.78, 5) is 27.7. The maximum atomic E-state index is 12.4. The van der Waals surface area contributed by atoms with Gasteiger partial charge in [-0.3, -0.25) is 9.59 Å². The summed E-state index contributed by atoms with van der Waals surface area (Å²) >= 11 is 6.13. The van der Waals surface area contributed by atoms with Crippen molar-refractivity contribution in [2.75, 3.05) is 16.0 Å². The molecule has 0 atom stereocenters. The Kier molecular flexibility index (Phi) is 6.24. The molecule has 0 saturated carbocycles. The number of hydrogen-bond acceptors (Lipinski definition) is 4. The minimum Gasteiger partial charge on any atom is -0.366 e. The summed E-state index contributed by atoms with van der Waals surface area (Å²) in [7, 11) is 0. The van der Waals surface area contributed by atoms with Crippen molar-refractivity contribution in [3.63, 3.8) is 0 Å². The first-order valence-electron chi connectivity index (χ1n) is 8.63. The summed E-state index contributed by atoms with van der Waals surface area (Å²) in [6.07, 6.45) is 1.51. The lowest BCUT2D eigenvalue weighted by molar-refractivity contribution is -0.114. The number of nitrogens with zero attached hydrogens (tertiary/aromatic N) is 1. The van der Waals surface area contributed by atoms with E-state index in [1.807, 2.05) is 24.3 Å². The van der Waals surface area contributed by atoms with E-state index in [-0.39, 0.29) is 11.8 Å². The van der Waals surface area contributed by atoms with Crippen LogP contribution in [0.3, 0.4) is 0 Å². The summed E-state index contributed by atoms with van der Waals surface area (Å²) in [5, 5.41) is 9.34. The van der Waals surface area contributed by atoms with Crippen molar-refractivity contribution in [3.8, 4) is 0 Å². The summed E-state index contributed by atoms with van der Waals surface area (Å²) < 4.78 is 0. The number of benzene rings is 2. The summed E-state index contributed by atoms with van der Waals surface area (Å²) in [5.41, 5.74) is 2.70. The lowest BCUT2D eigenvalue weighted by Gasteiger charge is -2.09. The molecule has 2 aromatic carbocycles. The quantitative estimate of drug-likeness (QED) is 0.572. The van der Waals surface area contributed by atoms with Gasteiger partial charge in [0.05, 0.1) is 5.56 Å². The van der Waals surface area contributed by atoms with Gasteiger partial charge in [-0.15, -0.1) is 0 Å². The molecule has 0 unspecified atom stereocenters. The molecule has 142 valence electrons. The Morgan fingerprint density at radius 2 is 1.61 bits per heavy atom. The number of carbonyl (C=O) groups excluding carboxylic acids is 2. The molecule has 0 fully saturated rings. The van der Waals surface area contributed by atoms with E-state index in [1.54, 1.807) is 36.4 Å². The van der Waals surface area contributed by atoms with E-state index in [1.165, 1.54) is 13.1 Å². The van der Waals surface area contributed by atoms with Crippen molar-refractivity contribution in [1.82, 2.24) is 4.98 Å². The van der Waals surface area contributed by atoms with E-state index < -0.39 is 0 Å². The third kappa shape index (κ3) is 5.31. The van der Waals surface area contributed by atoms with Gasteiger partial charge in [-0.05, 0) is 48.0 Å². The molecule has 7 heteroatoms. The highest BCUT2D eigenvalue weighted by molar-refractivity contribution is 6.31. The molecule has 3 aromatic rings. The van der Waals surface area contributed by atoms with Crippen LogP contribution in [0.1, 0.15) is 22.8 Å². The van der Waals surface area contributed by atoms with Crippen molar-refractivity contribution in [2.24, 2.45) is 0 Å². The summed E-state index contributed by atoms with van der Waals surface area (Å²) in [5.74, 6) is 0.236.